The summed E-state index contributed by atoms with van der Waals surface area (Å²) in [6.07, 6.45) is 1.18. The van der Waals surface area contributed by atoms with Gasteiger partial charge in [0.15, 0.2) is 0 Å². The molecule has 3 atom stereocenters. The molecule has 37 heavy (non-hydrogen) atoms. The third-order valence-corrected chi connectivity index (χ3v) is 7.66. The van der Waals surface area contributed by atoms with Gasteiger partial charge in [-0.25, -0.2) is 10.2 Å². The van der Waals surface area contributed by atoms with E-state index in [1.54, 1.807) is 16.8 Å². The molecule has 3 saturated heterocycles. The number of aliphatic hydroxyl groups is 1. The van der Waals surface area contributed by atoms with E-state index in [1.165, 1.54) is 5.69 Å². The third kappa shape index (κ3) is 5.79. The van der Waals surface area contributed by atoms with Crippen molar-refractivity contribution in [3.8, 4) is 5.75 Å². The minimum Gasteiger partial charge on any atom is -0.493 e. The molecule has 3 aliphatic heterocycles. The number of nitrogens with zero attached hydrogens (tertiary/aromatic N) is 4. The van der Waals surface area contributed by atoms with Crippen molar-refractivity contribution >= 4 is 23.1 Å². The van der Waals surface area contributed by atoms with Gasteiger partial charge in [0, 0.05) is 55.8 Å². The monoisotopic (exact) mass is 509 g/mol. The average Bonchev–Trinajstić information content (AvgIpc) is 3.59. The van der Waals surface area contributed by atoms with Gasteiger partial charge in [0.2, 0.25) is 0 Å². The van der Waals surface area contributed by atoms with Gasteiger partial charge >= 0.3 is 6.03 Å². The Morgan fingerprint density at radius 2 is 1.59 bits per heavy atom. The van der Waals surface area contributed by atoms with Crippen LogP contribution in [0.5, 0.6) is 5.75 Å². The first-order chi connectivity index (χ1) is 18.0. The van der Waals surface area contributed by atoms with Crippen LogP contribution in [0.4, 0.5) is 21.9 Å². The first-order valence-electron chi connectivity index (χ1n) is 13.5. The number of anilines is 3. The lowest BCUT2D eigenvalue weighted by Gasteiger charge is -2.37. The molecule has 0 aliphatic carbocycles. The second-order valence-corrected chi connectivity index (χ2v) is 10.1. The van der Waals surface area contributed by atoms with Crippen molar-refractivity contribution in [2.75, 3.05) is 67.4 Å². The van der Waals surface area contributed by atoms with Crippen molar-refractivity contribution in [3.05, 3.63) is 48.5 Å². The van der Waals surface area contributed by atoms with Crippen LogP contribution in [0, 0.1) is 5.92 Å². The number of benzene rings is 2. The maximum absolute atomic E-state index is 12.9. The second-order valence-electron chi connectivity index (χ2n) is 10.1. The molecule has 5 rings (SSSR count). The Morgan fingerprint density at radius 3 is 2.14 bits per heavy atom. The lowest BCUT2D eigenvalue weighted by molar-refractivity contribution is 0.0652. The molecule has 2 aromatic carbocycles. The predicted molar refractivity (Wildman–Crippen MR) is 145 cm³/mol. The summed E-state index contributed by atoms with van der Waals surface area (Å²) in [5.74, 6) is 1.42. The van der Waals surface area contributed by atoms with Crippen LogP contribution in [0.1, 0.15) is 26.7 Å². The van der Waals surface area contributed by atoms with Crippen LogP contribution in [-0.2, 0) is 4.74 Å². The van der Waals surface area contributed by atoms with Gasteiger partial charge in [0.25, 0.3) is 0 Å². The fraction of sp³-hybridized carbons (Fsp3) is 0.536. The molecule has 2 aromatic rings. The summed E-state index contributed by atoms with van der Waals surface area (Å²) in [6.45, 7) is 10.2. The van der Waals surface area contributed by atoms with Crippen LogP contribution >= 0.6 is 0 Å². The Labute approximate surface area is 219 Å². The summed E-state index contributed by atoms with van der Waals surface area (Å²) < 4.78 is 11.4. The number of piperazine rings is 1. The van der Waals surface area contributed by atoms with Gasteiger partial charge < -0.3 is 24.4 Å². The fourth-order valence-electron chi connectivity index (χ4n) is 5.36. The minimum atomic E-state index is -0.592. The molecule has 200 valence electrons. The Hall–Kier alpha value is -3.01. The highest BCUT2D eigenvalue weighted by Gasteiger charge is 2.35. The van der Waals surface area contributed by atoms with Crippen molar-refractivity contribution in [1.82, 2.24) is 10.4 Å². The van der Waals surface area contributed by atoms with Gasteiger partial charge in [-0.3, -0.25) is 9.91 Å². The molecule has 3 unspecified atom stereocenters. The molecule has 3 aliphatic rings. The molecule has 0 aromatic heterocycles. The molecular formula is C28H39N5O4. The Bertz CT molecular complexity index is 1020. The summed E-state index contributed by atoms with van der Waals surface area (Å²) in [6, 6.07) is 16.2. The molecular weight excluding hydrogens is 470 g/mol. The topological polar surface area (TPSA) is 80.8 Å². The highest BCUT2D eigenvalue weighted by Crippen LogP contribution is 2.27. The fourth-order valence-corrected chi connectivity index (χ4v) is 5.36. The highest BCUT2D eigenvalue weighted by molar-refractivity contribution is 5.93. The molecule has 0 radical (unpaired) electrons. The van der Waals surface area contributed by atoms with E-state index in [4.69, 9.17) is 9.47 Å². The van der Waals surface area contributed by atoms with Crippen LogP contribution in [-0.4, -0.2) is 81.0 Å². The van der Waals surface area contributed by atoms with Gasteiger partial charge in [-0.15, -0.1) is 0 Å². The average molecular weight is 510 g/mol. The standard InChI is InChI=1S/C28H39N5O4/c1-3-27(21(2)34)33-28(35)32(20-29-33)25-6-4-23(5-7-25)30-13-15-31(16-14-30)24-8-10-26(11-9-24)37-19-22-12-17-36-18-22/h4-11,21-22,27,29,34H,3,12-20H2,1-2H3. The first kappa shape index (κ1) is 25.6. The van der Waals surface area contributed by atoms with Gasteiger partial charge in [-0.2, -0.15) is 0 Å². The van der Waals surface area contributed by atoms with Crippen molar-refractivity contribution in [3.63, 3.8) is 0 Å². The van der Waals surface area contributed by atoms with Gasteiger partial charge in [-0.1, -0.05) is 6.92 Å². The number of carbonyl (C=O) groups excluding carboxylic acids is 1. The van der Waals surface area contributed by atoms with E-state index in [9.17, 15) is 9.90 Å². The summed E-state index contributed by atoms with van der Waals surface area (Å²) in [5.41, 5.74) is 6.37. The summed E-state index contributed by atoms with van der Waals surface area (Å²) >= 11 is 0. The molecule has 9 heteroatoms. The summed E-state index contributed by atoms with van der Waals surface area (Å²) in [4.78, 5) is 19.4. The number of nitrogens with one attached hydrogen (secondary N) is 1. The zero-order valence-corrected chi connectivity index (χ0v) is 21.9. The number of ether oxygens (including phenoxy) is 2. The molecule has 2 N–H and O–H groups in total. The number of carbonyl (C=O) groups is 1. The molecule has 3 heterocycles. The number of hydrogen-bond donors (Lipinski definition) is 2. The van der Waals surface area contributed by atoms with Crippen LogP contribution in [0.3, 0.4) is 0 Å². The van der Waals surface area contributed by atoms with E-state index in [0.717, 1.165) is 69.5 Å². The molecule has 0 bridgehead atoms. The molecule has 3 fully saturated rings. The first-order valence-corrected chi connectivity index (χ1v) is 13.5. The SMILES string of the molecule is CCC(C(C)O)N1NCN(c2ccc(N3CCN(c4ccc(OCC5CCOC5)cc4)CC3)cc2)C1=O. The largest absolute Gasteiger partial charge is 0.493 e. The minimum absolute atomic E-state index is 0.127. The van der Waals surface area contributed by atoms with Gasteiger partial charge in [0.1, 0.15) is 5.75 Å². The molecule has 0 saturated carbocycles. The van der Waals surface area contributed by atoms with Crippen molar-refractivity contribution in [2.45, 2.75) is 38.8 Å². The lowest BCUT2D eigenvalue weighted by Crippen LogP contribution is -2.48. The van der Waals surface area contributed by atoms with Crippen LogP contribution in [0.2, 0.25) is 0 Å². The Balaban J connectivity index is 1.12. The Morgan fingerprint density at radius 1 is 1.00 bits per heavy atom. The van der Waals surface area contributed by atoms with Crippen LogP contribution < -0.4 is 24.9 Å². The smallest absolute Gasteiger partial charge is 0.340 e. The summed E-state index contributed by atoms with van der Waals surface area (Å²) in [7, 11) is 0. The molecule has 2 amide bonds. The number of urea groups is 1. The number of rotatable bonds is 9. The molecule has 0 spiro atoms. The zero-order chi connectivity index (χ0) is 25.8. The van der Waals surface area contributed by atoms with Crippen LogP contribution in [0.25, 0.3) is 0 Å². The number of amides is 2. The maximum atomic E-state index is 12.9. The second kappa shape index (κ2) is 11.6. The number of aliphatic hydroxyl groups excluding tert-OH is 1. The summed E-state index contributed by atoms with van der Waals surface area (Å²) in [5, 5.41) is 11.6. The predicted octanol–water partition coefficient (Wildman–Crippen LogP) is 3.29. The van der Waals surface area contributed by atoms with E-state index in [0.29, 0.717) is 19.0 Å². The van der Waals surface area contributed by atoms with E-state index >= 15 is 0 Å². The van der Waals surface area contributed by atoms with E-state index < -0.39 is 6.10 Å². The van der Waals surface area contributed by atoms with Crippen molar-refractivity contribution in [2.24, 2.45) is 5.92 Å². The Kier molecular flexibility index (Phi) is 8.02. The van der Waals surface area contributed by atoms with E-state index in [-0.39, 0.29) is 12.1 Å². The van der Waals surface area contributed by atoms with Crippen LogP contribution in [0.15, 0.2) is 48.5 Å². The van der Waals surface area contributed by atoms with Crippen molar-refractivity contribution < 1.29 is 19.4 Å². The van der Waals surface area contributed by atoms with Crippen molar-refractivity contribution in [1.29, 1.82) is 0 Å². The molecule has 9 nitrogen and oxygen atoms in total. The number of hydrogen-bond acceptors (Lipinski definition) is 7. The van der Waals surface area contributed by atoms with Gasteiger partial charge in [0.05, 0.1) is 32.0 Å². The quantitative estimate of drug-likeness (QED) is 0.537. The maximum Gasteiger partial charge on any atom is 0.340 e. The van der Waals surface area contributed by atoms with Gasteiger partial charge in [-0.05, 0) is 68.3 Å². The van der Waals surface area contributed by atoms with E-state index in [2.05, 4.69) is 51.6 Å². The highest BCUT2D eigenvalue weighted by atomic mass is 16.5. The van der Waals surface area contributed by atoms with E-state index in [1.807, 2.05) is 19.1 Å². The normalized spacial score (nSPS) is 22.0. The third-order valence-electron chi connectivity index (χ3n) is 7.66. The zero-order valence-electron chi connectivity index (χ0n) is 21.9. The lowest BCUT2D eigenvalue weighted by atomic mass is 10.1. The number of hydrazine groups is 1.